The van der Waals surface area contributed by atoms with Crippen molar-refractivity contribution in [2.75, 3.05) is 14.1 Å². The molecular weight excluding hydrogens is 344 g/mol. The lowest BCUT2D eigenvalue weighted by Crippen LogP contribution is -2.40. The van der Waals surface area contributed by atoms with E-state index < -0.39 is 27.8 Å². The Morgan fingerprint density at radius 1 is 1.40 bits per heavy atom. The van der Waals surface area contributed by atoms with Crippen molar-refractivity contribution < 1.29 is 17.9 Å². The Hall–Kier alpha value is -1.45. The largest absolute Gasteiger partial charge is 0.459 e. The summed E-state index contributed by atoms with van der Waals surface area (Å²) in [6.07, 6.45) is 3.77. The fraction of sp³-hybridized carbons (Fsp3) is 0.750. The van der Waals surface area contributed by atoms with Crippen LogP contribution in [-0.4, -0.2) is 53.4 Å². The zero-order valence-corrected chi connectivity index (χ0v) is 16.8. The summed E-state index contributed by atoms with van der Waals surface area (Å²) in [7, 11) is -0.842. The highest BCUT2D eigenvalue weighted by molar-refractivity contribution is 7.87. The van der Waals surface area contributed by atoms with Gasteiger partial charge in [-0.15, -0.1) is 0 Å². The molecule has 0 spiro atoms. The summed E-state index contributed by atoms with van der Waals surface area (Å²) in [6, 6.07) is -0.967. The van der Waals surface area contributed by atoms with E-state index in [9.17, 15) is 13.2 Å². The molecule has 2 N–H and O–H groups in total. The minimum atomic E-state index is -3.75. The van der Waals surface area contributed by atoms with Crippen molar-refractivity contribution in [1.29, 1.82) is 0 Å². The van der Waals surface area contributed by atoms with Crippen molar-refractivity contribution in [2.45, 2.75) is 65.0 Å². The second-order valence-electron chi connectivity index (χ2n) is 7.17. The summed E-state index contributed by atoms with van der Waals surface area (Å²) >= 11 is 0. The first kappa shape index (κ1) is 21.6. The number of imidazole rings is 1. The number of nitrogens with zero attached hydrogens (tertiary/aromatic N) is 3. The maximum absolute atomic E-state index is 12.7. The molecule has 1 atom stereocenters. The number of aryl methyl sites for hydroxylation is 1. The van der Waals surface area contributed by atoms with Crippen LogP contribution in [0.15, 0.2) is 6.20 Å². The van der Waals surface area contributed by atoms with Gasteiger partial charge in [-0.05, 0) is 27.2 Å². The molecule has 1 unspecified atom stereocenters. The van der Waals surface area contributed by atoms with Gasteiger partial charge in [-0.1, -0.05) is 13.3 Å². The van der Waals surface area contributed by atoms with Gasteiger partial charge in [-0.25, -0.2) is 8.96 Å². The molecule has 0 fully saturated rings. The Morgan fingerprint density at radius 2 is 2.00 bits per heavy atom. The van der Waals surface area contributed by atoms with E-state index in [1.165, 1.54) is 24.3 Å². The number of hydrogen-bond donors (Lipinski definition) is 1. The maximum atomic E-state index is 12.7. The van der Waals surface area contributed by atoms with Gasteiger partial charge in [0.15, 0.2) is 0 Å². The van der Waals surface area contributed by atoms with Crippen LogP contribution in [0.1, 0.15) is 52.1 Å². The first-order valence-electron chi connectivity index (χ1n) is 8.37. The highest BCUT2D eigenvalue weighted by atomic mass is 32.2. The molecule has 25 heavy (non-hydrogen) atoms. The van der Waals surface area contributed by atoms with Crippen LogP contribution in [0, 0.1) is 0 Å². The highest BCUT2D eigenvalue weighted by Crippen LogP contribution is 2.17. The molecule has 1 rings (SSSR count). The third-order valence-corrected chi connectivity index (χ3v) is 5.27. The van der Waals surface area contributed by atoms with Crippen LogP contribution >= 0.6 is 0 Å². The molecule has 0 amide bonds. The molecule has 8 nitrogen and oxygen atoms in total. The number of rotatable bonds is 8. The van der Waals surface area contributed by atoms with Crippen molar-refractivity contribution in [3.05, 3.63) is 17.7 Å². The molecule has 0 radical (unpaired) electrons. The summed E-state index contributed by atoms with van der Waals surface area (Å²) in [6.45, 7) is 7.27. The van der Waals surface area contributed by atoms with E-state index in [1.54, 1.807) is 20.8 Å². The first-order chi connectivity index (χ1) is 11.4. The summed E-state index contributed by atoms with van der Waals surface area (Å²) < 4.78 is 32.9. The minimum absolute atomic E-state index is 0.0289. The number of esters is 1. The molecule has 9 heteroatoms. The number of nitrogens with two attached hydrogens (primary N) is 1. The lowest BCUT2D eigenvalue weighted by Gasteiger charge is -2.23. The molecule has 144 valence electrons. The van der Waals surface area contributed by atoms with Crippen LogP contribution in [0.2, 0.25) is 0 Å². The lowest BCUT2D eigenvalue weighted by molar-refractivity contribution is -0.156. The Kier molecular flexibility index (Phi) is 7.16. The highest BCUT2D eigenvalue weighted by Gasteiger charge is 2.28. The number of hydrogen-bond acceptors (Lipinski definition) is 6. The molecule has 0 aliphatic heterocycles. The Balaban J connectivity index is 3.15. The minimum Gasteiger partial charge on any atom is -0.459 e. The zero-order chi connectivity index (χ0) is 19.4. The number of carbonyl (C=O) groups excluding carboxylic acids is 1. The van der Waals surface area contributed by atoms with Crippen LogP contribution in [0.25, 0.3) is 0 Å². The molecule has 0 bridgehead atoms. The Morgan fingerprint density at radius 3 is 2.48 bits per heavy atom. The molecule has 1 heterocycles. The van der Waals surface area contributed by atoms with Crippen molar-refractivity contribution in [3.63, 3.8) is 0 Å². The van der Waals surface area contributed by atoms with E-state index in [4.69, 9.17) is 10.5 Å². The standard InChI is InChI=1S/C16H30N4O4S/c1-7-8-9-14-18-11-12(20(14)25(22,23)19(5)6)10-13(17)15(21)24-16(2,3)4/h11,13H,7-10,17H2,1-6H3. The van der Waals surface area contributed by atoms with Crippen LogP contribution < -0.4 is 5.73 Å². The van der Waals surface area contributed by atoms with Crippen LogP contribution in [0.3, 0.4) is 0 Å². The Labute approximate surface area is 150 Å². The van der Waals surface area contributed by atoms with Crippen molar-refractivity contribution in [1.82, 2.24) is 13.3 Å². The van der Waals surface area contributed by atoms with Crippen LogP contribution in [0.5, 0.6) is 0 Å². The quantitative estimate of drug-likeness (QED) is 0.683. The first-order valence-corrected chi connectivity index (χ1v) is 9.76. The number of aromatic nitrogens is 2. The fourth-order valence-electron chi connectivity index (χ4n) is 2.19. The molecule has 0 saturated carbocycles. The fourth-order valence-corrected chi connectivity index (χ4v) is 3.34. The monoisotopic (exact) mass is 374 g/mol. The SMILES string of the molecule is CCCCc1ncc(CC(N)C(=O)OC(C)(C)C)n1S(=O)(=O)N(C)C. The smallest absolute Gasteiger partial charge is 0.323 e. The van der Waals surface area contributed by atoms with Crippen LogP contribution in [-0.2, 0) is 32.6 Å². The Bertz CT molecular complexity index is 689. The van der Waals surface area contributed by atoms with E-state index in [2.05, 4.69) is 4.98 Å². The van der Waals surface area contributed by atoms with Gasteiger partial charge in [0.25, 0.3) is 0 Å². The van der Waals surface area contributed by atoms with Gasteiger partial charge in [0.1, 0.15) is 17.5 Å². The average molecular weight is 375 g/mol. The van der Waals surface area contributed by atoms with Crippen molar-refractivity contribution in [2.24, 2.45) is 5.73 Å². The van der Waals surface area contributed by atoms with Gasteiger partial charge >= 0.3 is 16.2 Å². The second kappa shape index (κ2) is 8.29. The zero-order valence-electron chi connectivity index (χ0n) is 15.9. The molecule has 1 aromatic heterocycles. The molecule has 0 aromatic carbocycles. The maximum Gasteiger partial charge on any atom is 0.323 e. The third kappa shape index (κ3) is 5.79. The number of ether oxygens (including phenoxy) is 1. The van der Waals surface area contributed by atoms with Gasteiger partial charge in [-0.3, -0.25) is 4.79 Å². The van der Waals surface area contributed by atoms with Gasteiger partial charge in [0.2, 0.25) is 0 Å². The molecular formula is C16H30N4O4S. The van der Waals surface area contributed by atoms with Gasteiger partial charge in [-0.2, -0.15) is 12.7 Å². The average Bonchev–Trinajstić information content (AvgIpc) is 2.86. The number of unbranched alkanes of at least 4 members (excludes halogenated alkanes) is 1. The third-order valence-electron chi connectivity index (χ3n) is 3.44. The van der Waals surface area contributed by atoms with Gasteiger partial charge < -0.3 is 10.5 Å². The topological polar surface area (TPSA) is 108 Å². The second-order valence-corrected chi connectivity index (χ2v) is 9.16. The van der Waals surface area contributed by atoms with E-state index in [0.29, 0.717) is 17.9 Å². The van der Waals surface area contributed by atoms with E-state index in [-0.39, 0.29) is 6.42 Å². The summed E-state index contributed by atoms with van der Waals surface area (Å²) in [4.78, 5) is 16.3. The van der Waals surface area contributed by atoms with E-state index in [0.717, 1.165) is 17.1 Å². The van der Waals surface area contributed by atoms with Gasteiger partial charge in [0, 0.05) is 33.1 Å². The normalized spacial score (nSPS) is 13.9. The predicted octanol–water partition coefficient (Wildman–Crippen LogP) is 1.09. The summed E-state index contributed by atoms with van der Waals surface area (Å²) in [5, 5.41) is 0. The predicted molar refractivity (Wildman–Crippen MR) is 96.4 cm³/mol. The molecule has 0 aliphatic carbocycles. The molecule has 0 aliphatic rings. The van der Waals surface area contributed by atoms with Crippen LogP contribution in [0.4, 0.5) is 0 Å². The van der Waals surface area contributed by atoms with E-state index >= 15 is 0 Å². The van der Waals surface area contributed by atoms with Crippen molar-refractivity contribution >= 4 is 16.2 Å². The van der Waals surface area contributed by atoms with E-state index in [1.807, 2.05) is 6.92 Å². The molecule has 0 saturated heterocycles. The van der Waals surface area contributed by atoms with Gasteiger partial charge in [0.05, 0.1) is 5.69 Å². The summed E-state index contributed by atoms with van der Waals surface area (Å²) in [5.74, 6) is -0.125. The summed E-state index contributed by atoms with van der Waals surface area (Å²) in [5.41, 5.74) is 5.65. The van der Waals surface area contributed by atoms with Crippen molar-refractivity contribution in [3.8, 4) is 0 Å². The molecule has 1 aromatic rings. The lowest BCUT2D eigenvalue weighted by atomic mass is 10.1. The number of carbonyl (C=O) groups is 1.